The summed E-state index contributed by atoms with van der Waals surface area (Å²) in [5.74, 6) is -2.44. The van der Waals surface area contributed by atoms with Crippen molar-refractivity contribution < 1.29 is 32.3 Å². The van der Waals surface area contributed by atoms with E-state index in [-0.39, 0.29) is 25.1 Å². The van der Waals surface area contributed by atoms with Gasteiger partial charge < -0.3 is 20.3 Å². The maximum atomic E-state index is 14.6. The van der Waals surface area contributed by atoms with Gasteiger partial charge in [0.1, 0.15) is 29.4 Å². The molecule has 54 heavy (non-hydrogen) atoms. The average molecular weight is 754 g/mol. The van der Waals surface area contributed by atoms with Crippen molar-refractivity contribution in [2.24, 2.45) is 5.92 Å². The van der Waals surface area contributed by atoms with Crippen molar-refractivity contribution in [3.63, 3.8) is 0 Å². The van der Waals surface area contributed by atoms with Crippen LogP contribution < -0.4 is 20.1 Å². The van der Waals surface area contributed by atoms with Crippen molar-refractivity contribution in [1.29, 1.82) is 0 Å². The predicted molar refractivity (Wildman–Crippen MR) is 200 cm³/mol. The van der Waals surface area contributed by atoms with E-state index >= 15 is 0 Å². The molecule has 3 fully saturated rings. The van der Waals surface area contributed by atoms with Crippen molar-refractivity contribution in [2.75, 3.05) is 6.54 Å². The lowest BCUT2D eigenvalue weighted by Gasteiger charge is -2.29. The lowest BCUT2D eigenvalue weighted by atomic mass is 10.0. The lowest BCUT2D eigenvalue weighted by Crippen LogP contribution is -2.58. The Morgan fingerprint density at radius 2 is 1.74 bits per heavy atom. The second-order valence-electron chi connectivity index (χ2n) is 14.9. The van der Waals surface area contributed by atoms with E-state index < -0.39 is 68.5 Å². The number of fused-ring (bicyclic) bond motifs is 5. The molecule has 4 heterocycles. The number of carbonyl (C=O) groups is 4. The number of aromatic amines is 1. The Hall–Kier alpha value is -5.31. The molecule has 14 nitrogen and oxygen atoms in total. The van der Waals surface area contributed by atoms with Gasteiger partial charge in [-0.25, -0.2) is 13.4 Å². The number of amides is 4. The molecule has 2 saturated carbocycles. The largest absolute Gasteiger partial charge is 0.472 e. The number of allylic oxidation sites excluding steroid dienone is 1. The van der Waals surface area contributed by atoms with Crippen LogP contribution in [0, 0.1) is 12.8 Å². The number of H-pyrrole nitrogens is 1. The SMILES string of the molecule is Cc1cc(C(=O)N[C@H]2CCCCCC=C[C@@H]3C[C@@]3(C(=O)NS(=O)(=O)C3CC3)NC(=O)[C@@H]3C[C@@H](Oc4nc5ccccc5c5ccccc45)CN3C2=O)n[nH]1. The van der Waals surface area contributed by atoms with E-state index in [1.165, 1.54) is 4.90 Å². The molecular formula is C39H43N7O7S. The zero-order valence-corrected chi connectivity index (χ0v) is 30.7. The number of rotatable bonds is 7. The van der Waals surface area contributed by atoms with Gasteiger partial charge in [0, 0.05) is 28.8 Å². The Labute approximate surface area is 312 Å². The molecule has 5 atom stereocenters. The summed E-state index contributed by atoms with van der Waals surface area (Å²) in [7, 11) is -3.89. The van der Waals surface area contributed by atoms with Gasteiger partial charge in [0.2, 0.25) is 27.7 Å². The highest BCUT2D eigenvalue weighted by Gasteiger charge is 2.62. The first kappa shape index (κ1) is 35.7. The second-order valence-corrected chi connectivity index (χ2v) is 16.9. The summed E-state index contributed by atoms with van der Waals surface area (Å²) >= 11 is 0. The number of nitrogens with zero attached hydrogens (tertiary/aromatic N) is 3. The van der Waals surface area contributed by atoms with Crippen molar-refractivity contribution in [3.05, 3.63) is 78.1 Å². The van der Waals surface area contributed by atoms with E-state index in [1.807, 2.05) is 60.7 Å². The number of aromatic nitrogens is 3. The minimum Gasteiger partial charge on any atom is -0.472 e. The van der Waals surface area contributed by atoms with Crippen LogP contribution in [0.5, 0.6) is 5.88 Å². The third-order valence-electron chi connectivity index (χ3n) is 10.9. The molecule has 4 N–H and O–H groups in total. The summed E-state index contributed by atoms with van der Waals surface area (Å²) in [6, 6.07) is 15.0. The van der Waals surface area contributed by atoms with E-state index in [4.69, 9.17) is 9.72 Å². The van der Waals surface area contributed by atoms with E-state index in [0.717, 1.165) is 34.5 Å². The number of benzene rings is 2. The van der Waals surface area contributed by atoms with Gasteiger partial charge in [-0.05, 0) is 69.0 Å². The van der Waals surface area contributed by atoms with E-state index in [2.05, 4.69) is 25.6 Å². The quantitative estimate of drug-likeness (QED) is 0.161. The minimum atomic E-state index is -3.89. The van der Waals surface area contributed by atoms with Crippen LogP contribution in [0.15, 0.2) is 66.7 Å². The Kier molecular flexibility index (Phi) is 9.36. The number of nitrogens with one attached hydrogen (secondary N) is 4. The van der Waals surface area contributed by atoms with Crippen LogP contribution in [0.25, 0.3) is 21.7 Å². The fourth-order valence-electron chi connectivity index (χ4n) is 7.73. The summed E-state index contributed by atoms with van der Waals surface area (Å²) in [4.78, 5) is 62.4. The summed E-state index contributed by atoms with van der Waals surface area (Å²) < 4.78 is 34.5. The molecule has 4 aromatic rings. The fraction of sp³-hybridized carbons (Fsp3) is 0.436. The summed E-state index contributed by atoms with van der Waals surface area (Å²) in [6.07, 6.45) is 7.63. The molecule has 4 aliphatic rings. The number of hydrogen-bond acceptors (Lipinski definition) is 9. The molecule has 0 spiro atoms. The molecule has 0 unspecified atom stereocenters. The zero-order chi connectivity index (χ0) is 37.6. The van der Waals surface area contributed by atoms with Gasteiger partial charge in [0.25, 0.3) is 11.8 Å². The molecule has 2 aromatic heterocycles. The van der Waals surface area contributed by atoms with E-state index in [1.54, 1.807) is 13.0 Å². The molecule has 0 radical (unpaired) electrons. The van der Waals surface area contributed by atoms with Crippen LogP contribution in [0.4, 0.5) is 0 Å². The standard InChI is InChI=1S/C39H43N7O7S/c1-23-19-32(44-43-23)34(47)40-31-16-6-4-2-3-5-11-24-21-39(24,38(50)45-54(51,52)26-17-18-26)42-35(48)33-20-25(22-46(33)37(31)49)53-36-29-14-8-7-12-27(29)28-13-9-10-15-30(28)41-36/h5,7-15,19,24-26,31,33H,2-4,6,16-18,20-22H2,1H3,(H,40,47)(H,42,48)(H,43,44)(H,45,50)/t24-,25-,31+,33+,39-/m1/s1. The first-order valence-electron chi connectivity index (χ1n) is 18.6. The van der Waals surface area contributed by atoms with Crippen LogP contribution in [0.3, 0.4) is 0 Å². The minimum absolute atomic E-state index is 0.00617. The predicted octanol–water partition coefficient (Wildman–Crippen LogP) is 3.57. The second kappa shape index (κ2) is 14.2. The Bertz CT molecular complexity index is 2290. The van der Waals surface area contributed by atoms with E-state index in [0.29, 0.717) is 43.7 Å². The molecule has 2 aliphatic heterocycles. The summed E-state index contributed by atoms with van der Waals surface area (Å²) in [6.45, 7) is 1.78. The van der Waals surface area contributed by atoms with Gasteiger partial charge in [-0.3, -0.25) is 29.0 Å². The zero-order valence-electron chi connectivity index (χ0n) is 29.9. The highest BCUT2D eigenvalue weighted by Crippen LogP contribution is 2.46. The van der Waals surface area contributed by atoms with Crippen LogP contribution in [0.2, 0.25) is 0 Å². The molecule has 282 valence electrons. The third kappa shape index (κ3) is 7.04. The molecule has 15 heteroatoms. The summed E-state index contributed by atoms with van der Waals surface area (Å²) in [5, 5.41) is 14.6. The lowest BCUT2D eigenvalue weighted by molar-refractivity contribution is -0.141. The number of ether oxygens (including phenoxy) is 1. The third-order valence-corrected chi connectivity index (χ3v) is 12.8. The normalized spacial score (nSPS) is 26.3. The van der Waals surface area contributed by atoms with Gasteiger partial charge in [-0.2, -0.15) is 5.10 Å². The maximum absolute atomic E-state index is 14.6. The molecule has 1 saturated heterocycles. The maximum Gasteiger partial charge on any atom is 0.272 e. The number of pyridine rings is 1. The molecular weight excluding hydrogens is 711 g/mol. The van der Waals surface area contributed by atoms with Gasteiger partial charge in [-0.1, -0.05) is 61.4 Å². The van der Waals surface area contributed by atoms with Crippen molar-refractivity contribution in [3.8, 4) is 5.88 Å². The van der Waals surface area contributed by atoms with Gasteiger partial charge in [-0.15, -0.1) is 0 Å². The van der Waals surface area contributed by atoms with Crippen LogP contribution in [0.1, 0.15) is 74.0 Å². The number of sulfonamides is 1. The molecule has 4 amide bonds. The van der Waals surface area contributed by atoms with Crippen molar-refractivity contribution in [1.82, 2.24) is 35.4 Å². The molecule has 8 rings (SSSR count). The first-order chi connectivity index (χ1) is 26.0. The summed E-state index contributed by atoms with van der Waals surface area (Å²) in [5.41, 5.74) is 0.0619. The number of carbonyl (C=O) groups excluding carboxylic acids is 4. The first-order valence-corrected chi connectivity index (χ1v) is 20.2. The Morgan fingerprint density at radius 3 is 2.50 bits per heavy atom. The molecule has 0 bridgehead atoms. The highest BCUT2D eigenvalue weighted by molar-refractivity contribution is 7.91. The Morgan fingerprint density at radius 1 is 0.981 bits per heavy atom. The van der Waals surface area contributed by atoms with Crippen LogP contribution in [-0.4, -0.2) is 87.6 Å². The monoisotopic (exact) mass is 753 g/mol. The smallest absolute Gasteiger partial charge is 0.272 e. The fourth-order valence-corrected chi connectivity index (χ4v) is 9.10. The Balaban J connectivity index is 1.12. The van der Waals surface area contributed by atoms with Gasteiger partial charge in [0.15, 0.2) is 0 Å². The number of para-hydroxylation sites is 1. The van der Waals surface area contributed by atoms with Crippen molar-refractivity contribution in [2.45, 2.75) is 93.7 Å². The molecule has 2 aromatic carbocycles. The van der Waals surface area contributed by atoms with Gasteiger partial charge in [0.05, 0.1) is 17.3 Å². The topological polar surface area (TPSA) is 193 Å². The van der Waals surface area contributed by atoms with E-state index in [9.17, 15) is 27.6 Å². The number of aryl methyl sites for hydroxylation is 1. The highest BCUT2D eigenvalue weighted by atomic mass is 32.2. The molecule has 2 aliphatic carbocycles. The van der Waals surface area contributed by atoms with Gasteiger partial charge >= 0.3 is 0 Å². The average Bonchev–Trinajstić information content (AvgIpc) is 4.05. The number of hydrogen-bond donors (Lipinski definition) is 4. The van der Waals surface area contributed by atoms with Crippen LogP contribution in [-0.2, 0) is 24.4 Å². The van der Waals surface area contributed by atoms with Crippen LogP contribution >= 0.6 is 0 Å². The van der Waals surface area contributed by atoms with Crippen molar-refractivity contribution >= 4 is 55.3 Å².